The number of carbonyl (C=O) groups is 2. The lowest BCUT2D eigenvalue weighted by atomic mass is 10.1. The first-order valence-electron chi connectivity index (χ1n) is 7.18. The first-order chi connectivity index (χ1) is 11.5. The molecule has 0 unspecified atom stereocenters. The fourth-order valence-electron chi connectivity index (χ4n) is 2.12. The van der Waals surface area contributed by atoms with Crippen molar-refractivity contribution in [3.8, 4) is 11.3 Å². The molecule has 3 aromatic rings. The molecule has 2 aromatic carbocycles. The quantitative estimate of drug-likeness (QED) is 0.712. The summed E-state index contributed by atoms with van der Waals surface area (Å²) in [6, 6.07) is 15.2. The summed E-state index contributed by atoms with van der Waals surface area (Å²) in [5, 5.41) is 7.10. The Labute approximate surface area is 143 Å². The first-order valence-corrected chi connectivity index (χ1v) is 7.56. The van der Waals surface area contributed by atoms with Crippen LogP contribution in [-0.4, -0.2) is 16.8 Å². The van der Waals surface area contributed by atoms with Crippen molar-refractivity contribution in [2.24, 2.45) is 0 Å². The number of Topliss-reactive ketones (excluding diaryl/α,β-unsaturated/α-hetero) is 1. The van der Waals surface area contributed by atoms with Gasteiger partial charge in [-0.15, -0.1) is 0 Å². The molecule has 1 heterocycles. The maximum absolute atomic E-state index is 12.2. The summed E-state index contributed by atoms with van der Waals surface area (Å²) >= 11 is 5.84. The average molecular weight is 341 g/mol. The Balaban J connectivity index is 1.73. The van der Waals surface area contributed by atoms with Gasteiger partial charge in [-0.05, 0) is 55.5 Å². The van der Waals surface area contributed by atoms with Gasteiger partial charge in [0.25, 0.3) is 5.91 Å². The normalized spacial score (nSPS) is 10.4. The Kier molecular flexibility index (Phi) is 4.44. The Morgan fingerprint density at radius 2 is 1.71 bits per heavy atom. The Morgan fingerprint density at radius 1 is 1.04 bits per heavy atom. The number of benzene rings is 2. The van der Waals surface area contributed by atoms with Gasteiger partial charge >= 0.3 is 0 Å². The zero-order chi connectivity index (χ0) is 17.1. The molecule has 6 heteroatoms. The van der Waals surface area contributed by atoms with E-state index < -0.39 is 5.91 Å². The third-order valence-electron chi connectivity index (χ3n) is 3.42. The Hall–Kier alpha value is -2.92. The second-order valence-electron chi connectivity index (χ2n) is 5.17. The zero-order valence-corrected chi connectivity index (χ0v) is 13.5. The summed E-state index contributed by atoms with van der Waals surface area (Å²) in [6.07, 6.45) is 0. The number of halogens is 1. The average Bonchev–Trinajstić information content (AvgIpc) is 3.06. The Bertz CT molecular complexity index is 883. The van der Waals surface area contributed by atoms with Crippen LogP contribution >= 0.6 is 11.6 Å². The standard InChI is InChI=1S/C18H13ClN2O3/c1-11(22)12-4-8-15(9-5-12)20-18(23)16-10-17(24-21-16)13-2-6-14(19)7-3-13/h2-10H,1H3,(H,20,23). The van der Waals surface area contributed by atoms with Crippen LogP contribution in [0.1, 0.15) is 27.8 Å². The van der Waals surface area contributed by atoms with Gasteiger partial charge in [0.15, 0.2) is 17.2 Å². The summed E-state index contributed by atoms with van der Waals surface area (Å²) in [4.78, 5) is 23.5. The minimum atomic E-state index is -0.394. The third-order valence-corrected chi connectivity index (χ3v) is 3.67. The Morgan fingerprint density at radius 3 is 2.33 bits per heavy atom. The molecular weight excluding hydrogens is 328 g/mol. The van der Waals surface area contributed by atoms with Gasteiger partial charge in [0.2, 0.25) is 0 Å². The van der Waals surface area contributed by atoms with Crippen LogP contribution in [0.4, 0.5) is 5.69 Å². The van der Waals surface area contributed by atoms with E-state index in [1.54, 1.807) is 54.6 Å². The molecule has 0 saturated heterocycles. The monoisotopic (exact) mass is 340 g/mol. The molecule has 1 aromatic heterocycles. The van der Waals surface area contributed by atoms with E-state index in [1.807, 2.05) is 0 Å². The summed E-state index contributed by atoms with van der Waals surface area (Å²) < 4.78 is 5.20. The SMILES string of the molecule is CC(=O)c1ccc(NC(=O)c2cc(-c3ccc(Cl)cc3)on2)cc1. The van der Waals surface area contributed by atoms with Gasteiger partial charge in [-0.25, -0.2) is 0 Å². The van der Waals surface area contributed by atoms with Gasteiger partial charge in [0.1, 0.15) is 0 Å². The van der Waals surface area contributed by atoms with E-state index in [9.17, 15) is 9.59 Å². The number of rotatable bonds is 4. The lowest BCUT2D eigenvalue weighted by molar-refractivity contribution is 0.101. The van der Waals surface area contributed by atoms with Crippen molar-refractivity contribution < 1.29 is 14.1 Å². The summed E-state index contributed by atoms with van der Waals surface area (Å²) in [5.41, 5.74) is 2.09. The molecule has 3 rings (SSSR count). The number of ketones is 1. The maximum Gasteiger partial charge on any atom is 0.277 e. The summed E-state index contributed by atoms with van der Waals surface area (Å²) in [5.74, 6) is 0.0512. The molecule has 0 fully saturated rings. The zero-order valence-electron chi connectivity index (χ0n) is 12.7. The van der Waals surface area contributed by atoms with Crippen LogP contribution < -0.4 is 5.32 Å². The summed E-state index contributed by atoms with van der Waals surface area (Å²) in [6.45, 7) is 1.49. The van der Waals surface area contributed by atoms with E-state index in [2.05, 4.69) is 10.5 Å². The van der Waals surface area contributed by atoms with Crippen LogP contribution in [0.5, 0.6) is 0 Å². The van der Waals surface area contributed by atoms with Gasteiger partial charge in [-0.2, -0.15) is 0 Å². The number of nitrogens with one attached hydrogen (secondary N) is 1. The van der Waals surface area contributed by atoms with Crippen molar-refractivity contribution in [2.45, 2.75) is 6.92 Å². The highest BCUT2D eigenvalue weighted by molar-refractivity contribution is 6.30. The highest BCUT2D eigenvalue weighted by atomic mass is 35.5. The van der Waals surface area contributed by atoms with E-state index >= 15 is 0 Å². The largest absolute Gasteiger partial charge is 0.355 e. The van der Waals surface area contributed by atoms with Crippen LogP contribution in [0, 0.1) is 0 Å². The number of nitrogens with zero attached hydrogens (tertiary/aromatic N) is 1. The van der Waals surface area contributed by atoms with Crippen LogP contribution in [0.2, 0.25) is 5.02 Å². The molecule has 5 nitrogen and oxygen atoms in total. The second-order valence-corrected chi connectivity index (χ2v) is 5.61. The lowest BCUT2D eigenvalue weighted by Crippen LogP contribution is -2.12. The summed E-state index contributed by atoms with van der Waals surface area (Å²) in [7, 11) is 0. The van der Waals surface area contributed by atoms with Gasteiger partial charge in [-0.1, -0.05) is 16.8 Å². The van der Waals surface area contributed by atoms with Gasteiger partial charge in [-0.3, -0.25) is 9.59 Å². The molecule has 0 aliphatic rings. The first kappa shape index (κ1) is 16.0. The number of hydrogen-bond donors (Lipinski definition) is 1. The molecule has 1 N–H and O–H groups in total. The lowest BCUT2D eigenvalue weighted by Gasteiger charge is -2.03. The molecule has 0 saturated carbocycles. The van der Waals surface area contributed by atoms with Crippen molar-refractivity contribution in [3.05, 3.63) is 70.9 Å². The number of aromatic nitrogens is 1. The van der Waals surface area contributed by atoms with E-state index in [0.717, 1.165) is 5.56 Å². The molecular formula is C18H13ClN2O3. The van der Waals surface area contributed by atoms with E-state index in [4.69, 9.17) is 16.1 Å². The highest BCUT2D eigenvalue weighted by Gasteiger charge is 2.14. The molecule has 24 heavy (non-hydrogen) atoms. The van der Waals surface area contributed by atoms with Crippen molar-refractivity contribution in [1.29, 1.82) is 0 Å². The molecule has 0 aliphatic heterocycles. The van der Waals surface area contributed by atoms with Crippen LogP contribution in [-0.2, 0) is 0 Å². The molecule has 0 spiro atoms. The molecule has 120 valence electrons. The van der Waals surface area contributed by atoms with Crippen LogP contribution in [0.25, 0.3) is 11.3 Å². The molecule has 0 radical (unpaired) electrons. The van der Waals surface area contributed by atoms with E-state index in [-0.39, 0.29) is 11.5 Å². The minimum Gasteiger partial charge on any atom is -0.355 e. The van der Waals surface area contributed by atoms with Gasteiger partial charge in [0.05, 0.1) is 0 Å². The predicted molar refractivity (Wildman–Crippen MR) is 91.3 cm³/mol. The smallest absolute Gasteiger partial charge is 0.277 e. The number of carbonyl (C=O) groups excluding carboxylic acids is 2. The molecule has 1 amide bonds. The highest BCUT2D eigenvalue weighted by Crippen LogP contribution is 2.22. The predicted octanol–water partition coefficient (Wildman–Crippen LogP) is 4.45. The topological polar surface area (TPSA) is 72.2 Å². The third kappa shape index (κ3) is 3.52. The van der Waals surface area contributed by atoms with Gasteiger partial charge < -0.3 is 9.84 Å². The van der Waals surface area contributed by atoms with Crippen molar-refractivity contribution in [1.82, 2.24) is 5.16 Å². The molecule has 0 bridgehead atoms. The molecule has 0 atom stereocenters. The second kappa shape index (κ2) is 6.68. The minimum absolute atomic E-state index is 0.0306. The number of amides is 1. The van der Waals surface area contributed by atoms with E-state index in [1.165, 1.54) is 6.92 Å². The van der Waals surface area contributed by atoms with Gasteiger partial charge in [0, 0.05) is 27.9 Å². The van der Waals surface area contributed by atoms with Crippen molar-refractivity contribution in [3.63, 3.8) is 0 Å². The van der Waals surface area contributed by atoms with Crippen molar-refractivity contribution in [2.75, 3.05) is 5.32 Å². The molecule has 0 aliphatic carbocycles. The van der Waals surface area contributed by atoms with Crippen molar-refractivity contribution >= 4 is 29.0 Å². The fraction of sp³-hybridized carbons (Fsp3) is 0.0556. The van der Waals surface area contributed by atoms with Crippen LogP contribution in [0.3, 0.4) is 0 Å². The number of hydrogen-bond acceptors (Lipinski definition) is 4. The maximum atomic E-state index is 12.2. The van der Waals surface area contributed by atoms with E-state index in [0.29, 0.717) is 22.0 Å². The fourth-order valence-corrected chi connectivity index (χ4v) is 2.24. The van der Waals surface area contributed by atoms with Crippen LogP contribution in [0.15, 0.2) is 59.1 Å². The number of anilines is 1.